The minimum absolute atomic E-state index is 0. The molecule has 0 bridgehead atoms. The first-order valence-corrected chi connectivity index (χ1v) is 13.5. The van der Waals surface area contributed by atoms with Gasteiger partial charge >= 0.3 is 16.5 Å². The van der Waals surface area contributed by atoms with Crippen LogP contribution in [0.5, 0.6) is 11.5 Å². The van der Waals surface area contributed by atoms with Crippen molar-refractivity contribution in [1.82, 2.24) is 0 Å². The minimum atomic E-state index is -0.408. The summed E-state index contributed by atoms with van der Waals surface area (Å²) in [5.41, 5.74) is 11.4. The summed E-state index contributed by atoms with van der Waals surface area (Å²) in [6.45, 7) is 16.8. The van der Waals surface area contributed by atoms with Gasteiger partial charge in [0.15, 0.2) is 0 Å². The van der Waals surface area contributed by atoms with Crippen LogP contribution in [0.15, 0.2) is 82.8 Å². The van der Waals surface area contributed by atoms with Gasteiger partial charge in [0.2, 0.25) is 0 Å². The Morgan fingerprint density at radius 2 is 0.756 bits per heavy atom. The zero-order valence-corrected chi connectivity index (χ0v) is 25.9. The van der Waals surface area contributed by atoms with Gasteiger partial charge in [0.1, 0.15) is 0 Å². The molecule has 0 atom stereocenters. The maximum absolute atomic E-state index is 11.8. The van der Waals surface area contributed by atoms with Gasteiger partial charge < -0.3 is 10.2 Å². The van der Waals surface area contributed by atoms with E-state index in [1.165, 1.54) is 33.4 Å². The van der Waals surface area contributed by atoms with Gasteiger partial charge in [-0.15, -0.1) is 11.5 Å². The first kappa shape index (κ1) is 31.6. The maximum Gasteiger partial charge on any atom is 2.00 e. The number of rotatable bonds is 3. The topological polar surface area (TPSA) is 70.8 Å². The van der Waals surface area contributed by atoms with Crippen LogP contribution in [0.4, 0.5) is 11.4 Å². The van der Waals surface area contributed by atoms with Crippen LogP contribution < -0.4 is 10.2 Å². The van der Waals surface area contributed by atoms with Crippen LogP contribution in [0.1, 0.15) is 47.2 Å². The van der Waals surface area contributed by atoms with E-state index in [2.05, 4.69) is 65.8 Å². The van der Waals surface area contributed by atoms with Crippen LogP contribution >= 0.6 is 0 Å². The number of nitrogens with zero attached hydrogens (tertiary/aromatic N) is 2. The maximum atomic E-state index is 11.8. The zero-order valence-electron chi connectivity index (χ0n) is 25.0. The molecule has 0 aliphatic heterocycles. The molecule has 0 spiro atoms. The molecule has 0 heterocycles. The molecule has 0 aliphatic rings. The summed E-state index contributed by atoms with van der Waals surface area (Å²) < 4.78 is 0. The first-order chi connectivity index (χ1) is 19.0. The van der Waals surface area contributed by atoms with Crippen molar-refractivity contribution in [2.45, 2.75) is 55.4 Å². The molecule has 4 nitrogen and oxygen atoms in total. The molecule has 0 N–H and O–H groups in total. The van der Waals surface area contributed by atoms with Crippen molar-refractivity contribution in [1.29, 1.82) is 0 Å². The van der Waals surface area contributed by atoms with Gasteiger partial charge in [0.25, 0.3) is 0 Å². The van der Waals surface area contributed by atoms with Gasteiger partial charge in [-0.05, 0) is 99.2 Å². The fourth-order valence-corrected chi connectivity index (χ4v) is 5.27. The third kappa shape index (κ3) is 6.86. The molecular weight excluding hydrogens is 551 g/mol. The predicted octanol–water partition coefficient (Wildman–Crippen LogP) is 8.56. The van der Waals surface area contributed by atoms with Crippen LogP contribution in [0.2, 0.25) is 0 Å². The average Bonchev–Trinajstić information content (AvgIpc) is 2.91. The summed E-state index contributed by atoms with van der Waals surface area (Å²) in [6.07, 6.45) is 0. The molecule has 0 amide bonds. The molecule has 5 aromatic carbocycles. The van der Waals surface area contributed by atoms with Crippen LogP contribution in [0.3, 0.4) is 0 Å². The van der Waals surface area contributed by atoms with E-state index in [9.17, 15) is 10.2 Å². The van der Waals surface area contributed by atoms with E-state index < -0.39 is 11.5 Å². The minimum Gasteiger partial charge on any atom is -0.872 e. The standard InChI is InChI=1S/C22H28N2.C14H10O2.Ni/c1-13-9-15(3)21(16(4)10-13)23-19(7)20(8)24-22-17(5)11-14(2)12-18(22)6;15-13-11-7-3-1-5-9(11)10-6-2-4-8-12(10)14(13)16;/h9-12H,1-8H3;1-8,15-16H;/q;;+2/p-2. The number of benzene rings is 5. The normalized spacial score (nSPS) is 11.7. The Morgan fingerprint density at radius 3 is 1.05 bits per heavy atom. The second kappa shape index (κ2) is 13.1. The average molecular weight is 587 g/mol. The molecule has 5 aromatic rings. The van der Waals surface area contributed by atoms with E-state index in [0.29, 0.717) is 10.8 Å². The van der Waals surface area contributed by atoms with Gasteiger partial charge in [-0.3, -0.25) is 9.98 Å². The number of hydrogen-bond donors (Lipinski definition) is 0. The fraction of sp³-hybridized carbons (Fsp3) is 0.222. The second-order valence-electron chi connectivity index (χ2n) is 10.6. The largest absolute Gasteiger partial charge is 2.00 e. The SMILES string of the molecule is CC(=Nc1c(C)cc(C)cc1C)C(C)=Nc1c(C)cc(C)cc1C.[Ni+2].[O-]c1c([O-])c2ccccc2c2ccccc12. The molecule has 0 aliphatic carbocycles. The molecule has 0 saturated heterocycles. The Bertz CT molecular complexity index is 1620. The summed E-state index contributed by atoms with van der Waals surface area (Å²) in [6, 6.07) is 23.2. The van der Waals surface area contributed by atoms with Crippen molar-refractivity contribution in [3.63, 3.8) is 0 Å². The van der Waals surface area contributed by atoms with E-state index in [1.54, 1.807) is 24.3 Å². The summed E-state index contributed by atoms with van der Waals surface area (Å²) in [7, 11) is 0. The van der Waals surface area contributed by atoms with Crippen LogP contribution in [-0.4, -0.2) is 11.4 Å². The van der Waals surface area contributed by atoms with Crippen molar-refractivity contribution in [3.8, 4) is 11.5 Å². The van der Waals surface area contributed by atoms with Crippen LogP contribution in [0.25, 0.3) is 21.5 Å². The van der Waals surface area contributed by atoms with E-state index >= 15 is 0 Å². The Labute approximate surface area is 253 Å². The van der Waals surface area contributed by atoms with Gasteiger partial charge in [0, 0.05) is 0 Å². The molecule has 0 aromatic heterocycles. The third-order valence-corrected chi connectivity index (χ3v) is 7.19. The predicted molar refractivity (Wildman–Crippen MR) is 167 cm³/mol. The Hall–Kier alpha value is -3.95. The molecule has 212 valence electrons. The van der Waals surface area contributed by atoms with E-state index in [-0.39, 0.29) is 16.5 Å². The molecule has 5 heteroatoms. The Kier molecular flexibility index (Phi) is 10.1. The third-order valence-electron chi connectivity index (χ3n) is 7.19. The van der Waals surface area contributed by atoms with Gasteiger partial charge in [0.05, 0.1) is 22.8 Å². The number of aryl methyl sites for hydroxylation is 6. The summed E-state index contributed by atoms with van der Waals surface area (Å²) in [5, 5.41) is 26.4. The zero-order chi connectivity index (χ0) is 29.1. The molecule has 0 radical (unpaired) electrons. The molecule has 0 unspecified atom stereocenters. The van der Waals surface area contributed by atoms with E-state index in [1.807, 2.05) is 38.1 Å². The van der Waals surface area contributed by atoms with Crippen molar-refractivity contribution < 1.29 is 26.7 Å². The number of hydrogen-bond acceptors (Lipinski definition) is 4. The first-order valence-electron chi connectivity index (χ1n) is 13.5. The molecular formula is C36H36N2NiO2. The van der Waals surface area contributed by atoms with Crippen LogP contribution in [0, 0.1) is 41.5 Å². The van der Waals surface area contributed by atoms with Crippen LogP contribution in [-0.2, 0) is 16.5 Å². The summed E-state index contributed by atoms with van der Waals surface area (Å²) in [5.74, 6) is -0.816. The fourth-order valence-electron chi connectivity index (χ4n) is 5.27. The second-order valence-corrected chi connectivity index (χ2v) is 10.6. The molecule has 0 saturated carbocycles. The smallest absolute Gasteiger partial charge is 0.872 e. The molecule has 5 rings (SSSR count). The number of aliphatic imine (C=N–C) groups is 2. The van der Waals surface area contributed by atoms with Crippen molar-refractivity contribution in [2.75, 3.05) is 0 Å². The van der Waals surface area contributed by atoms with Gasteiger partial charge in [-0.25, -0.2) is 0 Å². The van der Waals surface area contributed by atoms with E-state index in [4.69, 9.17) is 9.98 Å². The van der Waals surface area contributed by atoms with Crippen molar-refractivity contribution >= 4 is 44.3 Å². The van der Waals surface area contributed by atoms with Crippen molar-refractivity contribution in [2.24, 2.45) is 9.98 Å². The molecule has 0 fully saturated rings. The van der Waals surface area contributed by atoms with Crippen molar-refractivity contribution in [3.05, 3.63) is 106 Å². The van der Waals surface area contributed by atoms with E-state index in [0.717, 1.165) is 33.6 Å². The van der Waals surface area contributed by atoms with Gasteiger partial charge in [-0.1, -0.05) is 83.9 Å². The molecule has 41 heavy (non-hydrogen) atoms. The Morgan fingerprint density at radius 1 is 0.488 bits per heavy atom. The van der Waals surface area contributed by atoms with Gasteiger partial charge in [-0.2, -0.15) is 0 Å². The summed E-state index contributed by atoms with van der Waals surface area (Å²) in [4.78, 5) is 9.72. The monoisotopic (exact) mass is 586 g/mol. The quantitative estimate of drug-likeness (QED) is 0.121. The number of fused-ring (bicyclic) bond motifs is 3. The summed E-state index contributed by atoms with van der Waals surface area (Å²) >= 11 is 0. The Balaban J connectivity index is 0.000000235.